The number of hydrogen-bond donors (Lipinski definition) is 2. The number of alkyl halides is 6. The van der Waals surface area contributed by atoms with Crippen molar-refractivity contribution in [3.63, 3.8) is 0 Å². The molecule has 34 heavy (non-hydrogen) atoms. The summed E-state index contributed by atoms with van der Waals surface area (Å²) < 4.78 is 77.4. The molecule has 3 rings (SSSR count). The number of hydrogen-bond acceptors (Lipinski definition) is 2. The maximum absolute atomic E-state index is 12.9. The van der Waals surface area contributed by atoms with Gasteiger partial charge >= 0.3 is 24.4 Å². The smallest absolute Gasteiger partial charge is 0.321 e. The molecule has 0 aliphatic carbocycles. The maximum Gasteiger partial charge on any atom is 0.416 e. The van der Waals surface area contributed by atoms with Crippen molar-refractivity contribution in [2.75, 3.05) is 36.8 Å². The summed E-state index contributed by atoms with van der Waals surface area (Å²) in [6, 6.07) is 3.58. The van der Waals surface area contributed by atoms with Gasteiger partial charge in [0.2, 0.25) is 0 Å². The zero-order chi connectivity index (χ0) is 25.3. The second kappa shape index (κ2) is 9.79. The molecule has 1 aliphatic heterocycles. The van der Waals surface area contributed by atoms with Crippen molar-refractivity contribution in [3.05, 3.63) is 57.6 Å². The van der Waals surface area contributed by atoms with Gasteiger partial charge in [0, 0.05) is 26.2 Å². The number of rotatable bonds is 2. The summed E-state index contributed by atoms with van der Waals surface area (Å²) in [5.74, 6) is 0. The van der Waals surface area contributed by atoms with Gasteiger partial charge in [-0.05, 0) is 36.4 Å². The lowest BCUT2D eigenvalue weighted by molar-refractivity contribution is -0.138. The Balaban J connectivity index is 1.59. The monoisotopic (exact) mass is 528 g/mol. The third kappa shape index (κ3) is 6.17. The average molecular weight is 529 g/mol. The fourth-order valence-corrected chi connectivity index (χ4v) is 3.43. The number of carbonyl (C=O) groups excluding carboxylic acids is 2. The van der Waals surface area contributed by atoms with E-state index in [1.54, 1.807) is 0 Å². The molecule has 0 spiro atoms. The van der Waals surface area contributed by atoms with Gasteiger partial charge in [0.25, 0.3) is 0 Å². The topological polar surface area (TPSA) is 64.7 Å². The second-order valence-electron chi connectivity index (χ2n) is 7.22. The zero-order valence-corrected chi connectivity index (χ0v) is 18.5. The predicted molar refractivity (Wildman–Crippen MR) is 114 cm³/mol. The van der Waals surface area contributed by atoms with Crippen molar-refractivity contribution in [1.29, 1.82) is 0 Å². The number of nitrogens with one attached hydrogen (secondary N) is 2. The lowest BCUT2D eigenvalue weighted by Gasteiger charge is -2.34. The molecule has 2 N–H and O–H groups in total. The highest BCUT2D eigenvalue weighted by atomic mass is 35.5. The van der Waals surface area contributed by atoms with E-state index < -0.39 is 35.5 Å². The van der Waals surface area contributed by atoms with Crippen LogP contribution in [0.2, 0.25) is 10.0 Å². The molecule has 2 aromatic rings. The Hall–Kier alpha value is -2.86. The summed E-state index contributed by atoms with van der Waals surface area (Å²) in [5, 5.41) is 4.46. The Morgan fingerprint density at radius 1 is 0.676 bits per heavy atom. The third-order valence-electron chi connectivity index (χ3n) is 4.92. The fraction of sp³-hybridized carbons (Fsp3) is 0.300. The molecule has 0 unspecified atom stereocenters. The summed E-state index contributed by atoms with van der Waals surface area (Å²) in [6.07, 6.45) is -9.24. The van der Waals surface area contributed by atoms with E-state index in [1.807, 2.05) is 0 Å². The largest absolute Gasteiger partial charge is 0.416 e. The predicted octanol–water partition coefficient (Wildman–Crippen LogP) is 6.41. The normalized spacial score (nSPS) is 14.7. The first kappa shape index (κ1) is 25.8. The summed E-state index contributed by atoms with van der Waals surface area (Å²) in [4.78, 5) is 27.4. The molecular weight excluding hydrogens is 513 g/mol. The molecule has 2 aromatic carbocycles. The van der Waals surface area contributed by atoms with Gasteiger partial charge < -0.3 is 20.4 Å². The standard InChI is InChI=1S/C20H16Cl2F6N4O2/c21-13-3-1-11(19(23,24)25)9-15(13)29-17(33)31-5-7-32(8-6-31)18(34)30-16-10-12(20(26,27)28)2-4-14(16)22/h1-4,9-10H,5-8H2,(H,29,33)(H,30,34). The molecule has 14 heteroatoms. The highest BCUT2D eigenvalue weighted by Gasteiger charge is 2.33. The van der Waals surface area contributed by atoms with Gasteiger partial charge in [-0.15, -0.1) is 0 Å². The summed E-state index contributed by atoms with van der Waals surface area (Å²) in [7, 11) is 0. The van der Waals surface area contributed by atoms with Crippen LogP contribution >= 0.6 is 23.2 Å². The van der Waals surface area contributed by atoms with Crippen molar-refractivity contribution in [3.8, 4) is 0 Å². The van der Waals surface area contributed by atoms with Gasteiger partial charge in [0.05, 0.1) is 32.5 Å². The van der Waals surface area contributed by atoms with Crippen molar-refractivity contribution in [2.24, 2.45) is 0 Å². The molecule has 0 radical (unpaired) electrons. The lowest BCUT2D eigenvalue weighted by Crippen LogP contribution is -2.52. The molecule has 0 saturated carbocycles. The molecule has 1 heterocycles. The maximum atomic E-state index is 12.9. The second-order valence-corrected chi connectivity index (χ2v) is 8.03. The van der Waals surface area contributed by atoms with E-state index >= 15 is 0 Å². The Labute approximate surface area is 199 Å². The molecule has 0 bridgehead atoms. The lowest BCUT2D eigenvalue weighted by atomic mass is 10.2. The average Bonchev–Trinajstić information content (AvgIpc) is 2.75. The van der Waals surface area contributed by atoms with Gasteiger partial charge in [0.1, 0.15) is 0 Å². The molecule has 6 nitrogen and oxygen atoms in total. The molecule has 0 aromatic heterocycles. The first-order chi connectivity index (χ1) is 15.8. The number of carbonyl (C=O) groups is 2. The Kier molecular flexibility index (Phi) is 7.41. The number of halogens is 8. The number of urea groups is 2. The zero-order valence-electron chi connectivity index (χ0n) is 17.0. The fourth-order valence-electron chi connectivity index (χ4n) is 3.10. The SMILES string of the molecule is O=C(Nc1cc(C(F)(F)F)ccc1Cl)N1CCN(C(=O)Nc2cc(C(F)(F)F)ccc2Cl)CC1. The molecule has 1 saturated heterocycles. The minimum Gasteiger partial charge on any atom is -0.321 e. The molecular formula is C20H16Cl2F6N4O2. The highest BCUT2D eigenvalue weighted by Crippen LogP contribution is 2.35. The van der Waals surface area contributed by atoms with Gasteiger partial charge in [-0.2, -0.15) is 26.3 Å². The van der Waals surface area contributed by atoms with Crippen LogP contribution in [-0.2, 0) is 12.4 Å². The van der Waals surface area contributed by atoms with Crippen LogP contribution in [0.15, 0.2) is 36.4 Å². The molecule has 4 amide bonds. The Bertz CT molecular complexity index is 1000. The van der Waals surface area contributed by atoms with Crippen LogP contribution in [0.4, 0.5) is 47.3 Å². The Morgan fingerprint density at radius 2 is 1.00 bits per heavy atom. The van der Waals surface area contributed by atoms with E-state index in [0.29, 0.717) is 12.1 Å². The van der Waals surface area contributed by atoms with E-state index in [9.17, 15) is 35.9 Å². The van der Waals surface area contributed by atoms with E-state index in [1.165, 1.54) is 9.80 Å². The summed E-state index contributed by atoms with van der Waals surface area (Å²) >= 11 is 11.8. The number of amides is 4. The molecule has 0 atom stereocenters. The molecule has 1 aliphatic rings. The summed E-state index contributed by atoms with van der Waals surface area (Å²) in [6.45, 7) is 0.0800. The van der Waals surface area contributed by atoms with Crippen LogP contribution in [0.5, 0.6) is 0 Å². The van der Waals surface area contributed by atoms with Crippen LogP contribution in [-0.4, -0.2) is 48.0 Å². The van der Waals surface area contributed by atoms with Crippen molar-refractivity contribution >= 4 is 46.6 Å². The first-order valence-corrected chi connectivity index (χ1v) is 10.4. The van der Waals surface area contributed by atoms with Gasteiger partial charge in [-0.1, -0.05) is 23.2 Å². The Morgan fingerprint density at radius 3 is 1.29 bits per heavy atom. The highest BCUT2D eigenvalue weighted by molar-refractivity contribution is 6.34. The van der Waals surface area contributed by atoms with Crippen molar-refractivity contribution in [1.82, 2.24) is 9.80 Å². The van der Waals surface area contributed by atoms with Crippen LogP contribution in [0.25, 0.3) is 0 Å². The minimum atomic E-state index is -4.62. The quantitative estimate of drug-likeness (QED) is 0.442. The van der Waals surface area contributed by atoms with Crippen LogP contribution < -0.4 is 10.6 Å². The van der Waals surface area contributed by atoms with E-state index in [-0.39, 0.29) is 47.6 Å². The first-order valence-electron chi connectivity index (χ1n) is 9.61. The summed E-state index contributed by atoms with van der Waals surface area (Å²) in [5.41, 5.74) is -2.41. The molecule has 184 valence electrons. The van der Waals surface area contributed by atoms with E-state index in [4.69, 9.17) is 23.2 Å². The van der Waals surface area contributed by atoms with Crippen LogP contribution in [0.3, 0.4) is 0 Å². The third-order valence-corrected chi connectivity index (χ3v) is 5.58. The van der Waals surface area contributed by atoms with Gasteiger partial charge in [0.15, 0.2) is 0 Å². The van der Waals surface area contributed by atoms with Gasteiger partial charge in [-0.3, -0.25) is 0 Å². The van der Waals surface area contributed by atoms with Gasteiger partial charge in [-0.25, -0.2) is 9.59 Å². The number of nitrogens with zero attached hydrogens (tertiary/aromatic N) is 2. The van der Waals surface area contributed by atoms with Crippen molar-refractivity contribution < 1.29 is 35.9 Å². The van der Waals surface area contributed by atoms with E-state index in [2.05, 4.69) is 10.6 Å². The van der Waals surface area contributed by atoms with Crippen LogP contribution in [0.1, 0.15) is 11.1 Å². The van der Waals surface area contributed by atoms with Crippen LogP contribution in [0, 0.1) is 0 Å². The minimum absolute atomic E-state index is 0.0200. The number of benzene rings is 2. The number of anilines is 2. The number of piperazine rings is 1. The van der Waals surface area contributed by atoms with Crippen molar-refractivity contribution in [2.45, 2.75) is 12.4 Å². The molecule has 1 fully saturated rings. The van der Waals surface area contributed by atoms with E-state index in [0.717, 1.165) is 24.3 Å².